The molecule has 1 aromatic carbocycles. The molecule has 2 N–H and O–H groups in total. The molecule has 0 saturated heterocycles. The lowest BCUT2D eigenvalue weighted by atomic mass is 9.99. The second-order valence-electron chi connectivity index (χ2n) is 8.84. The molecule has 2 aromatic heterocycles. The summed E-state index contributed by atoms with van der Waals surface area (Å²) in [5.74, 6) is 1.85. The lowest BCUT2D eigenvalue weighted by Crippen LogP contribution is -2.21. The average Bonchev–Trinajstić information content (AvgIpc) is 3.69. The number of anilines is 2. The van der Waals surface area contributed by atoms with Crippen molar-refractivity contribution >= 4 is 23.4 Å². The van der Waals surface area contributed by atoms with E-state index in [0.717, 1.165) is 47.9 Å². The van der Waals surface area contributed by atoms with E-state index >= 15 is 0 Å². The molecule has 3 aliphatic rings. The highest BCUT2D eigenvalue weighted by molar-refractivity contribution is 7.99. The van der Waals surface area contributed by atoms with Crippen molar-refractivity contribution in [2.24, 2.45) is 5.73 Å². The van der Waals surface area contributed by atoms with Gasteiger partial charge in [0.15, 0.2) is 0 Å². The van der Waals surface area contributed by atoms with Crippen molar-refractivity contribution < 1.29 is 0 Å². The van der Waals surface area contributed by atoms with Gasteiger partial charge in [-0.25, -0.2) is 9.97 Å². The Balaban J connectivity index is 1.32. The van der Waals surface area contributed by atoms with E-state index in [1.807, 2.05) is 36.4 Å². The van der Waals surface area contributed by atoms with Crippen LogP contribution in [0.3, 0.4) is 0 Å². The fraction of sp³-hybridized carbons (Fsp3) is 0.375. The van der Waals surface area contributed by atoms with Crippen molar-refractivity contribution in [2.75, 3.05) is 17.2 Å². The third kappa shape index (κ3) is 2.93. The minimum atomic E-state index is -0.162. The first-order valence-electron chi connectivity index (χ1n) is 10.7. The summed E-state index contributed by atoms with van der Waals surface area (Å²) in [5.41, 5.74) is 12.2. The summed E-state index contributed by atoms with van der Waals surface area (Å²) in [7, 11) is 0. The molecule has 6 rings (SSSR count). The van der Waals surface area contributed by atoms with E-state index in [1.165, 1.54) is 29.0 Å². The number of benzene rings is 1. The average molecular weight is 416 g/mol. The Morgan fingerprint density at radius 2 is 1.83 bits per heavy atom. The van der Waals surface area contributed by atoms with Crippen LogP contribution >= 0.6 is 11.8 Å². The van der Waals surface area contributed by atoms with Crippen molar-refractivity contribution in [3.63, 3.8) is 0 Å². The first kappa shape index (κ1) is 18.3. The number of rotatable bonds is 5. The molecule has 152 valence electrons. The lowest BCUT2D eigenvalue weighted by molar-refractivity contribution is 0.735. The summed E-state index contributed by atoms with van der Waals surface area (Å²) in [5, 5.41) is 0. The summed E-state index contributed by atoms with van der Waals surface area (Å²) in [6, 6.07) is 11.0. The third-order valence-electron chi connectivity index (χ3n) is 6.76. The van der Waals surface area contributed by atoms with Gasteiger partial charge >= 0.3 is 0 Å². The van der Waals surface area contributed by atoms with Gasteiger partial charge in [0.25, 0.3) is 0 Å². The van der Waals surface area contributed by atoms with Crippen LogP contribution in [0, 0.1) is 0 Å². The van der Waals surface area contributed by atoms with Crippen molar-refractivity contribution in [2.45, 2.75) is 48.5 Å². The van der Waals surface area contributed by atoms with Crippen LogP contribution in [0.4, 0.5) is 11.6 Å². The number of hydrogen-bond donors (Lipinski definition) is 1. The minimum Gasteiger partial charge on any atom is -0.321 e. The van der Waals surface area contributed by atoms with Crippen LogP contribution in [0.5, 0.6) is 0 Å². The van der Waals surface area contributed by atoms with E-state index in [1.54, 1.807) is 0 Å². The second kappa shape index (κ2) is 6.53. The molecule has 2 saturated carbocycles. The molecule has 6 heteroatoms. The van der Waals surface area contributed by atoms with Crippen LogP contribution < -0.4 is 10.6 Å². The van der Waals surface area contributed by atoms with E-state index in [4.69, 9.17) is 15.7 Å². The molecule has 30 heavy (non-hydrogen) atoms. The fourth-order valence-corrected chi connectivity index (χ4v) is 5.28. The molecule has 0 radical (unpaired) electrons. The van der Waals surface area contributed by atoms with Crippen LogP contribution in [0.2, 0.25) is 0 Å². The molecule has 3 heterocycles. The highest BCUT2D eigenvalue weighted by atomic mass is 32.2. The molecule has 0 unspecified atom stereocenters. The molecule has 1 spiro atoms. The van der Waals surface area contributed by atoms with Gasteiger partial charge in [0, 0.05) is 52.2 Å². The molecule has 0 amide bonds. The smallest absolute Gasteiger partial charge is 0.229 e. The SMILES string of the molecule is CCSc1ccc2c(c1)N(c1ncc(-c3cc(C4(N)CC4)ccn3)cn1)CC21CC1. The fourth-order valence-electron chi connectivity index (χ4n) is 4.58. The number of hydrogen-bond acceptors (Lipinski definition) is 6. The van der Waals surface area contributed by atoms with Crippen LogP contribution in [-0.4, -0.2) is 27.2 Å². The Bertz CT molecular complexity index is 1120. The van der Waals surface area contributed by atoms with Gasteiger partial charge in [-0.3, -0.25) is 4.98 Å². The zero-order valence-corrected chi connectivity index (χ0v) is 18.0. The first-order chi connectivity index (χ1) is 14.6. The molecule has 2 aliphatic carbocycles. The number of nitrogens with two attached hydrogens (primary N) is 1. The van der Waals surface area contributed by atoms with Crippen molar-refractivity contribution in [1.29, 1.82) is 0 Å². The Morgan fingerprint density at radius 3 is 2.53 bits per heavy atom. The number of pyridine rings is 1. The van der Waals surface area contributed by atoms with Crippen LogP contribution in [0.25, 0.3) is 11.3 Å². The summed E-state index contributed by atoms with van der Waals surface area (Å²) in [6.45, 7) is 3.17. The summed E-state index contributed by atoms with van der Waals surface area (Å²) < 4.78 is 0. The standard InChI is InChI=1S/C24H25N5S/c1-2-30-18-3-4-19-21(12-18)29(15-23(19)6-7-23)22-27-13-16(14-28-22)20-11-17(5-10-26-20)24(25)8-9-24/h3-5,10-14H,2,6-9,15,25H2,1H3. The number of fused-ring (bicyclic) bond motifs is 2. The van der Waals surface area contributed by atoms with Crippen LogP contribution in [0.1, 0.15) is 43.7 Å². The largest absolute Gasteiger partial charge is 0.321 e. The van der Waals surface area contributed by atoms with E-state index in [0.29, 0.717) is 5.41 Å². The van der Waals surface area contributed by atoms with Gasteiger partial charge in [0.05, 0.1) is 5.69 Å². The number of thioether (sulfide) groups is 1. The molecular weight excluding hydrogens is 390 g/mol. The topological polar surface area (TPSA) is 67.9 Å². The van der Waals surface area contributed by atoms with Gasteiger partial charge in [-0.05, 0) is 66.8 Å². The van der Waals surface area contributed by atoms with Gasteiger partial charge in [-0.2, -0.15) is 0 Å². The molecule has 0 atom stereocenters. The van der Waals surface area contributed by atoms with E-state index in [-0.39, 0.29) is 5.54 Å². The van der Waals surface area contributed by atoms with Crippen molar-refractivity contribution in [3.8, 4) is 11.3 Å². The molecule has 5 nitrogen and oxygen atoms in total. The number of aromatic nitrogens is 3. The molecule has 1 aliphatic heterocycles. The van der Waals surface area contributed by atoms with Crippen molar-refractivity contribution in [3.05, 3.63) is 60.0 Å². The first-order valence-corrected chi connectivity index (χ1v) is 11.7. The quantitative estimate of drug-likeness (QED) is 0.605. The maximum atomic E-state index is 6.36. The van der Waals surface area contributed by atoms with E-state index in [2.05, 4.69) is 41.1 Å². The maximum Gasteiger partial charge on any atom is 0.229 e. The highest BCUT2D eigenvalue weighted by Crippen LogP contribution is 2.58. The number of nitrogens with zero attached hydrogens (tertiary/aromatic N) is 4. The summed E-state index contributed by atoms with van der Waals surface area (Å²) in [4.78, 5) is 17.6. The molecule has 3 aromatic rings. The molecule has 0 bridgehead atoms. The second-order valence-corrected chi connectivity index (χ2v) is 10.2. The monoisotopic (exact) mass is 415 g/mol. The van der Waals surface area contributed by atoms with E-state index in [9.17, 15) is 0 Å². The summed E-state index contributed by atoms with van der Waals surface area (Å²) >= 11 is 1.88. The predicted octanol–water partition coefficient (Wildman–Crippen LogP) is 4.78. The molecule has 2 fully saturated rings. The van der Waals surface area contributed by atoms with Crippen LogP contribution in [-0.2, 0) is 11.0 Å². The van der Waals surface area contributed by atoms with Gasteiger partial charge in [-0.15, -0.1) is 11.8 Å². The third-order valence-corrected chi connectivity index (χ3v) is 7.63. The van der Waals surface area contributed by atoms with Gasteiger partial charge in [-0.1, -0.05) is 13.0 Å². The van der Waals surface area contributed by atoms with Gasteiger partial charge in [0.1, 0.15) is 0 Å². The van der Waals surface area contributed by atoms with Crippen LogP contribution in [0.15, 0.2) is 53.8 Å². The van der Waals surface area contributed by atoms with Gasteiger partial charge < -0.3 is 10.6 Å². The predicted molar refractivity (Wildman–Crippen MR) is 121 cm³/mol. The minimum absolute atomic E-state index is 0.162. The Hall–Kier alpha value is -2.44. The zero-order valence-electron chi connectivity index (χ0n) is 17.1. The zero-order chi connectivity index (χ0) is 20.3. The Labute approximate surface area is 181 Å². The van der Waals surface area contributed by atoms with E-state index < -0.39 is 0 Å². The highest BCUT2D eigenvalue weighted by Gasteiger charge is 2.52. The Kier molecular flexibility index (Phi) is 3.99. The normalized spacial score (nSPS) is 19.7. The maximum absolute atomic E-state index is 6.36. The van der Waals surface area contributed by atoms with Gasteiger partial charge in [0.2, 0.25) is 5.95 Å². The Morgan fingerprint density at radius 1 is 1.03 bits per heavy atom. The van der Waals surface area contributed by atoms with Crippen molar-refractivity contribution in [1.82, 2.24) is 15.0 Å². The lowest BCUT2D eigenvalue weighted by Gasteiger charge is -2.18. The summed E-state index contributed by atoms with van der Waals surface area (Å²) in [6.07, 6.45) is 10.2. The molecular formula is C24H25N5S.